The van der Waals surface area contributed by atoms with Crippen molar-refractivity contribution in [2.24, 2.45) is 0 Å². The minimum Gasteiger partial charge on any atom is -0.481 e. The van der Waals surface area contributed by atoms with Gasteiger partial charge in [0, 0.05) is 32.4 Å². The Morgan fingerprint density at radius 2 is 0.608 bits per heavy atom. The van der Waals surface area contributed by atoms with Crippen LogP contribution in [0.5, 0.6) is 0 Å². The molecule has 0 aliphatic carbocycles. The van der Waals surface area contributed by atoms with Crippen LogP contribution < -0.4 is 16.0 Å². The quantitative estimate of drug-likeness (QED) is 0.0409. The van der Waals surface area contributed by atoms with E-state index in [4.69, 9.17) is 61.9 Å². The molecule has 0 saturated carbocycles. The van der Waals surface area contributed by atoms with Gasteiger partial charge in [0.25, 0.3) is 0 Å². The zero-order chi connectivity index (χ0) is 57.4. The van der Waals surface area contributed by atoms with E-state index in [1.807, 2.05) is 0 Å². The molecule has 0 aromatic rings. The first kappa shape index (κ1) is 75.9. The minimum atomic E-state index is -1.15. The van der Waals surface area contributed by atoms with Gasteiger partial charge < -0.3 is 83.0 Å². The van der Waals surface area contributed by atoms with E-state index in [-0.39, 0.29) is 56.7 Å². The number of ether oxygens (including phenoxy) is 12. The van der Waals surface area contributed by atoms with E-state index < -0.39 is 18.0 Å². The number of nitrogens with one attached hydrogen (secondary N) is 3. The molecule has 22 heteroatoms. The Labute approximate surface area is 474 Å². The molecule has 0 radical (unpaired) electrons. The molecule has 0 aliphatic rings. The lowest BCUT2D eigenvalue weighted by molar-refractivity contribution is -0.142. The Hall–Kier alpha value is -3.13. The van der Waals surface area contributed by atoms with Crippen LogP contribution in [0.3, 0.4) is 0 Å². The summed E-state index contributed by atoms with van der Waals surface area (Å²) in [6, 6.07) is -1.11. The number of carbonyl (C=O) groups excluding carboxylic acids is 3. The van der Waals surface area contributed by atoms with Gasteiger partial charge in [0.15, 0.2) is 0 Å². The topological polar surface area (TPSA) is 273 Å². The predicted octanol–water partition coefficient (Wildman–Crippen LogP) is 6.45. The summed E-state index contributed by atoms with van der Waals surface area (Å²) in [4.78, 5) is 58.5. The fourth-order valence-electron chi connectivity index (χ4n) is 7.58. The average Bonchev–Trinajstić information content (AvgIpc) is 3.43. The molecular weight excluding hydrogens is 1030 g/mol. The molecule has 0 bridgehead atoms. The normalized spacial score (nSPS) is 11.8. The van der Waals surface area contributed by atoms with Crippen molar-refractivity contribution in [3.05, 3.63) is 0 Å². The Morgan fingerprint density at radius 3 is 0.924 bits per heavy atom. The van der Waals surface area contributed by atoms with Crippen molar-refractivity contribution in [2.45, 2.75) is 167 Å². The number of amides is 3. The first-order valence-electron chi connectivity index (χ1n) is 30.0. The summed E-state index contributed by atoms with van der Waals surface area (Å²) in [6.07, 6.45) is 23.4. The van der Waals surface area contributed by atoms with Gasteiger partial charge in [-0.15, -0.1) is 0 Å². The van der Waals surface area contributed by atoms with Gasteiger partial charge in [0.2, 0.25) is 17.7 Å². The van der Waals surface area contributed by atoms with Gasteiger partial charge >= 0.3 is 11.9 Å². The Morgan fingerprint density at radius 1 is 0.316 bits per heavy atom. The van der Waals surface area contributed by atoms with E-state index in [9.17, 15) is 29.1 Å². The molecule has 22 nitrogen and oxygen atoms in total. The molecular formula is C57H109N3O19. The maximum absolute atomic E-state index is 12.4. The standard InChI is InChI=1S/C57H109N3O19/c1-2-3-26-58-55(63)51-79-50-49-78-48-47-77-46-45-76-44-43-75-42-41-74-40-39-73-38-37-72-36-35-71-34-33-70-32-31-69-30-29-68-28-27-59-53(61)25-24-52(57(66)67)60-54(62)22-20-18-16-14-12-10-8-6-4-5-7-9-11-13-15-17-19-21-23-56(64)65/h52H,2-51H2,1H3,(H,58,63)(H,59,61)(H,60,62)(H,64,65)(H,66,67)/t52-/m0/s1. The van der Waals surface area contributed by atoms with Gasteiger partial charge in [-0.1, -0.05) is 116 Å². The first-order chi connectivity index (χ1) is 38.8. The molecule has 466 valence electrons. The summed E-state index contributed by atoms with van der Waals surface area (Å²) in [7, 11) is 0. The molecule has 0 fully saturated rings. The Bertz CT molecular complexity index is 1360. The highest BCUT2D eigenvalue weighted by atomic mass is 16.6. The number of carboxylic acids is 2. The number of unbranched alkanes of at least 4 members (excludes halogenated alkanes) is 18. The molecule has 0 heterocycles. The second-order valence-electron chi connectivity index (χ2n) is 19.1. The van der Waals surface area contributed by atoms with Gasteiger partial charge in [-0.3, -0.25) is 19.2 Å². The smallest absolute Gasteiger partial charge is 0.326 e. The summed E-state index contributed by atoms with van der Waals surface area (Å²) in [6.45, 7) is 13.0. The van der Waals surface area contributed by atoms with Crippen LogP contribution in [0.4, 0.5) is 0 Å². The number of carbonyl (C=O) groups is 5. The molecule has 0 aromatic heterocycles. The zero-order valence-electron chi connectivity index (χ0n) is 48.8. The van der Waals surface area contributed by atoms with Crippen LogP contribution in [0.25, 0.3) is 0 Å². The molecule has 79 heavy (non-hydrogen) atoms. The van der Waals surface area contributed by atoms with Crippen molar-refractivity contribution in [3.63, 3.8) is 0 Å². The molecule has 0 saturated heterocycles. The molecule has 0 rings (SSSR count). The van der Waals surface area contributed by atoms with Gasteiger partial charge in [0.1, 0.15) is 12.6 Å². The molecule has 0 aliphatic heterocycles. The summed E-state index contributed by atoms with van der Waals surface area (Å²) >= 11 is 0. The summed E-state index contributed by atoms with van der Waals surface area (Å²) in [5.41, 5.74) is 0. The van der Waals surface area contributed by atoms with Crippen molar-refractivity contribution in [1.29, 1.82) is 0 Å². The zero-order valence-corrected chi connectivity index (χ0v) is 48.8. The maximum atomic E-state index is 12.4. The molecule has 0 aromatic carbocycles. The van der Waals surface area contributed by atoms with E-state index >= 15 is 0 Å². The van der Waals surface area contributed by atoms with Crippen LogP contribution in [-0.2, 0) is 80.8 Å². The molecule has 0 unspecified atom stereocenters. The highest BCUT2D eigenvalue weighted by molar-refractivity contribution is 5.84. The SMILES string of the molecule is CCCCNC(=O)COCCOCCOCCOCCOCCOCCOCCOCCOCCOCCOCCOCCNC(=O)CC[C@H](NC(=O)CCCCCCCCCCCCCCCCCCCCC(=O)O)C(=O)O. The third-order valence-corrected chi connectivity index (χ3v) is 12.1. The third-order valence-electron chi connectivity index (χ3n) is 12.1. The van der Waals surface area contributed by atoms with Gasteiger partial charge in [0.05, 0.1) is 152 Å². The van der Waals surface area contributed by atoms with Crippen LogP contribution in [0, 0.1) is 0 Å². The first-order valence-corrected chi connectivity index (χ1v) is 30.0. The highest BCUT2D eigenvalue weighted by Crippen LogP contribution is 2.15. The third kappa shape index (κ3) is 63.9. The second kappa shape index (κ2) is 64.0. The molecule has 0 spiro atoms. The van der Waals surface area contributed by atoms with Crippen LogP contribution in [0.1, 0.15) is 161 Å². The maximum Gasteiger partial charge on any atom is 0.326 e. The van der Waals surface area contributed by atoms with Gasteiger partial charge in [-0.25, -0.2) is 4.79 Å². The fourth-order valence-corrected chi connectivity index (χ4v) is 7.58. The van der Waals surface area contributed by atoms with Crippen LogP contribution in [-0.4, -0.2) is 218 Å². The van der Waals surface area contributed by atoms with Crippen molar-refractivity contribution in [2.75, 3.05) is 172 Å². The molecule has 3 amide bonds. The average molecular weight is 1140 g/mol. The van der Waals surface area contributed by atoms with Crippen molar-refractivity contribution in [1.82, 2.24) is 16.0 Å². The number of hydrogen-bond acceptors (Lipinski definition) is 17. The summed E-state index contributed by atoms with van der Waals surface area (Å²) in [5.74, 6) is -2.55. The van der Waals surface area contributed by atoms with Gasteiger partial charge in [-0.2, -0.15) is 0 Å². The van der Waals surface area contributed by atoms with Crippen LogP contribution in [0.2, 0.25) is 0 Å². The van der Waals surface area contributed by atoms with Crippen LogP contribution >= 0.6 is 0 Å². The van der Waals surface area contributed by atoms with E-state index in [1.165, 1.54) is 70.6 Å². The summed E-state index contributed by atoms with van der Waals surface area (Å²) in [5, 5.41) is 26.3. The lowest BCUT2D eigenvalue weighted by Gasteiger charge is -2.14. The monoisotopic (exact) mass is 1140 g/mol. The number of rotatable bonds is 67. The molecule has 1 atom stereocenters. The van der Waals surface area contributed by atoms with Crippen molar-refractivity contribution >= 4 is 29.7 Å². The number of hydrogen-bond donors (Lipinski definition) is 5. The van der Waals surface area contributed by atoms with Crippen LogP contribution in [0.15, 0.2) is 0 Å². The Kier molecular flexibility index (Phi) is 61.5. The number of carboxylic acid groups (broad SMARTS) is 2. The molecule has 5 N–H and O–H groups in total. The number of aliphatic carboxylic acids is 2. The van der Waals surface area contributed by atoms with Gasteiger partial charge in [-0.05, 0) is 25.7 Å². The van der Waals surface area contributed by atoms with E-state index in [1.54, 1.807) is 0 Å². The fraction of sp³-hybridized carbons (Fsp3) is 0.912. The van der Waals surface area contributed by atoms with E-state index in [2.05, 4.69) is 22.9 Å². The van der Waals surface area contributed by atoms with E-state index in [0.29, 0.717) is 165 Å². The highest BCUT2D eigenvalue weighted by Gasteiger charge is 2.21. The largest absolute Gasteiger partial charge is 0.481 e. The Balaban J connectivity index is 3.38. The van der Waals surface area contributed by atoms with Crippen molar-refractivity contribution < 1.29 is 91.0 Å². The predicted molar refractivity (Wildman–Crippen MR) is 300 cm³/mol. The summed E-state index contributed by atoms with van der Waals surface area (Å²) < 4.78 is 65.6. The minimum absolute atomic E-state index is 0.0105. The van der Waals surface area contributed by atoms with E-state index in [0.717, 1.165) is 51.4 Å². The lowest BCUT2D eigenvalue weighted by atomic mass is 10.0. The lowest BCUT2D eigenvalue weighted by Crippen LogP contribution is -2.41. The van der Waals surface area contributed by atoms with Crippen molar-refractivity contribution in [3.8, 4) is 0 Å². The second-order valence-corrected chi connectivity index (χ2v) is 19.1.